The first-order valence-corrected chi connectivity index (χ1v) is 9.70. The summed E-state index contributed by atoms with van der Waals surface area (Å²) in [5, 5.41) is 0.857. The zero-order chi connectivity index (χ0) is 14.6. The molecule has 1 aliphatic rings. The van der Waals surface area contributed by atoms with E-state index in [1.807, 2.05) is 13.0 Å². The second-order valence-electron chi connectivity index (χ2n) is 5.84. The fourth-order valence-corrected chi connectivity index (χ4v) is 4.79. The number of hydrogen-bond donors (Lipinski definition) is 1. The van der Waals surface area contributed by atoms with Crippen LogP contribution in [0.4, 0.5) is 0 Å². The highest BCUT2D eigenvalue weighted by Gasteiger charge is 2.32. The lowest BCUT2D eigenvalue weighted by molar-refractivity contribution is 0.227. The molecule has 0 saturated heterocycles. The predicted octanol–water partition coefficient (Wildman–Crippen LogP) is 3.62. The van der Waals surface area contributed by atoms with E-state index in [4.69, 9.17) is 0 Å². The molecule has 0 aromatic heterocycles. The molecule has 1 fully saturated rings. The molecule has 5 heteroatoms. The van der Waals surface area contributed by atoms with E-state index in [0.29, 0.717) is 11.4 Å². The van der Waals surface area contributed by atoms with Crippen LogP contribution in [0.25, 0.3) is 0 Å². The summed E-state index contributed by atoms with van der Waals surface area (Å²) in [4.78, 5) is 0.359. The smallest absolute Gasteiger partial charge is 0.211 e. The Balaban J connectivity index is 2.08. The molecule has 1 aliphatic carbocycles. The van der Waals surface area contributed by atoms with Gasteiger partial charge in [0.1, 0.15) is 0 Å². The Bertz CT molecular complexity index is 551. The summed E-state index contributed by atoms with van der Waals surface area (Å²) in [6.07, 6.45) is 5.83. The van der Waals surface area contributed by atoms with Crippen molar-refractivity contribution in [1.29, 1.82) is 0 Å². The van der Waals surface area contributed by atoms with E-state index in [1.165, 1.54) is 19.3 Å². The second kappa shape index (κ2) is 6.58. The monoisotopic (exact) mass is 359 g/mol. The van der Waals surface area contributed by atoms with Gasteiger partial charge in [-0.2, -0.15) is 0 Å². The number of halogens is 1. The quantitative estimate of drug-likeness (QED) is 0.816. The molecular weight excluding hydrogens is 338 g/mol. The van der Waals surface area contributed by atoms with Crippen LogP contribution in [-0.4, -0.2) is 20.3 Å². The van der Waals surface area contributed by atoms with Crippen molar-refractivity contribution in [3.05, 3.63) is 29.8 Å². The minimum Gasteiger partial charge on any atom is -0.211 e. The lowest BCUT2D eigenvalue weighted by Gasteiger charge is -2.35. The molecule has 2 rings (SSSR count). The average molecular weight is 360 g/mol. The second-order valence-corrected chi connectivity index (χ2v) is 8.16. The van der Waals surface area contributed by atoms with Crippen LogP contribution in [0.2, 0.25) is 0 Å². The molecule has 1 saturated carbocycles. The lowest BCUT2D eigenvalue weighted by atomic mass is 9.76. The van der Waals surface area contributed by atoms with E-state index in [0.717, 1.165) is 23.7 Å². The zero-order valence-electron chi connectivity index (χ0n) is 11.9. The van der Waals surface area contributed by atoms with Crippen LogP contribution in [0.3, 0.4) is 0 Å². The van der Waals surface area contributed by atoms with Gasteiger partial charge in [0.25, 0.3) is 0 Å². The van der Waals surface area contributed by atoms with Gasteiger partial charge < -0.3 is 0 Å². The minimum atomic E-state index is -3.40. The van der Waals surface area contributed by atoms with Crippen LogP contribution in [0.1, 0.15) is 37.7 Å². The molecule has 0 heterocycles. The number of nitrogens with one attached hydrogen (secondary N) is 1. The third kappa shape index (κ3) is 3.83. The Hall–Kier alpha value is -0.390. The van der Waals surface area contributed by atoms with Gasteiger partial charge in [-0.05, 0) is 42.9 Å². The Morgan fingerprint density at radius 3 is 2.55 bits per heavy atom. The molecule has 1 aromatic carbocycles. The SMILES string of the molecule is Cc1cccc(S(=O)(=O)NCC2(CBr)CCCCC2)c1. The van der Waals surface area contributed by atoms with Crippen LogP contribution in [-0.2, 0) is 10.0 Å². The van der Waals surface area contributed by atoms with Crippen molar-refractivity contribution in [3.8, 4) is 0 Å². The summed E-state index contributed by atoms with van der Waals surface area (Å²) in [5.74, 6) is 0. The summed E-state index contributed by atoms with van der Waals surface area (Å²) >= 11 is 3.57. The van der Waals surface area contributed by atoms with Gasteiger partial charge in [0, 0.05) is 11.9 Å². The average Bonchev–Trinajstić information content (AvgIpc) is 2.46. The van der Waals surface area contributed by atoms with Gasteiger partial charge in [-0.3, -0.25) is 0 Å². The van der Waals surface area contributed by atoms with Crippen molar-refractivity contribution < 1.29 is 8.42 Å². The van der Waals surface area contributed by atoms with Crippen LogP contribution in [0, 0.1) is 12.3 Å². The summed E-state index contributed by atoms with van der Waals surface area (Å²) in [7, 11) is -3.40. The predicted molar refractivity (Wildman–Crippen MR) is 85.7 cm³/mol. The first-order valence-electron chi connectivity index (χ1n) is 7.10. The number of aryl methyl sites for hydroxylation is 1. The van der Waals surface area contributed by atoms with Crippen molar-refractivity contribution >= 4 is 26.0 Å². The molecule has 0 atom stereocenters. The highest BCUT2D eigenvalue weighted by Crippen LogP contribution is 2.37. The van der Waals surface area contributed by atoms with Crippen LogP contribution in [0.5, 0.6) is 0 Å². The summed E-state index contributed by atoms with van der Waals surface area (Å²) < 4.78 is 27.5. The number of rotatable bonds is 5. The molecule has 0 radical (unpaired) electrons. The van der Waals surface area contributed by atoms with E-state index in [2.05, 4.69) is 20.7 Å². The topological polar surface area (TPSA) is 46.2 Å². The van der Waals surface area contributed by atoms with E-state index < -0.39 is 10.0 Å². The Morgan fingerprint density at radius 1 is 1.25 bits per heavy atom. The molecule has 0 amide bonds. The normalized spacial score (nSPS) is 18.9. The van der Waals surface area contributed by atoms with E-state index in [-0.39, 0.29) is 5.41 Å². The summed E-state index contributed by atoms with van der Waals surface area (Å²) in [6.45, 7) is 2.43. The Morgan fingerprint density at radius 2 is 1.95 bits per heavy atom. The van der Waals surface area contributed by atoms with Crippen molar-refractivity contribution in [2.24, 2.45) is 5.41 Å². The lowest BCUT2D eigenvalue weighted by Crippen LogP contribution is -2.40. The molecule has 0 aliphatic heterocycles. The van der Waals surface area contributed by atoms with Gasteiger partial charge in [-0.1, -0.05) is 47.3 Å². The Labute approximate surface area is 130 Å². The Kier molecular flexibility index (Phi) is 5.26. The van der Waals surface area contributed by atoms with Gasteiger partial charge in [0.15, 0.2) is 0 Å². The fourth-order valence-electron chi connectivity index (χ4n) is 2.77. The number of alkyl halides is 1. The van der Waals surface area contributed by atoms with Crippen LogP contribution in [0.15, 0.2) is 29.2 Å². The van der Waals surface area contributed by atoms with Gasteiger partial charge in [-0.15, -0.1) is 0 Å². The van der Waals surface area contributed by atoms with Crippen molar-refractivity contribution in [3.63, 3.8) is 0 Å². The number of sulfonamides is 1. The molecule has 0 unspecified atom stereocenters. The number of hydrogen-bond acceptors (Lipinski definition) is 2. The molecule has 20 heavy (non-hydrogen) atoms. The van der Waals surface area contributed by atoms with Crippen molar-refractivity contribution in [2.75, 3.05) is 11.9 Å². The molecule has 112 valence electrons. The first kappa shape index (κ1) is 16.0. The molecular formula is C15H22BrNO2S. The molecule has 1 aromatic rings. The minimum absolute atomic E-state index is 0.0785. The van der Waals surface area contributed by atoms with Gasteiger partial charge in [-0.25, -0.2) is 13.1 Å². The largest absolute Gasteiger partial charge is 0.240 e. The third-order valence-corrected chi connectivity index (χ3v) is 6.72. The summed E-state index contributed by atoms with van der Waals surface area (Å²) in [6, 6.07) is 7.05. The fraction of sp³-hybridized carbons (Fsp3) is 0.600. The molecule has 0 spiro atoms. The van der Waals surface area contributed by atoms with E-state index in [9.17, 15) is 8.42 Å². The molecule has 0 bridgehead atoms. The standard InChI is InChI=1S/C15H22BrNO2S/c1-13-6-5-7-14(10-13)20(18,19)17-12-15(11-16)8-3-2-4-9-15/h5-7,10,17H,2-4,8-9,11-12H2,1H3. The molecule has 1 N–H and O–H groups in total. The van der Waals surface area contributed by atoms with Crippen molar-refractivity contribution in [1.82, 2.24) is 4.72 Å². The maximum atomic E-state index is 12.4. The zero-order valence-corrected chi connectivity index (χ0v) is 14.3. The highest BCUT2D eigenvalue weighted by atomic mass is 79.9. The maximum Gasteiger partial charge on any atom is 0.240 e. The van der Waals surface area contributed by atoms with Crippen LogP contribution < -0.4 is 4.72 Å². The highest BCUT2D eigenvalue weighted by molar-refractivity contribution is 9.09. The van der Waals surface area contributed by atoms with E-state index in [1.54, 1.807) is 18.2 Å². The van der Waals surface area contributed by atoms with Crippen molar-refractivity contribution in [2.45, 2.75) is 43.9 Å². The van der Waals surface area contributed by atoms with Gasteiger partial charge in [0.05, 0.1) is 4.90 Å². The van der Waals surface area contributed by atoms with E-state index >= 15 is 0 Å². The summed E-state index contributed by atoms with van der Waals surface area (Å²) in [5.41, 5.74) is 1.04. The number of benzene rings is 1. The third-order valence-electron chi connectivity index (χ3n) is 4.13. The first-order chi connectivity index (χ1) is 9.47. The van der Waals surface area contributed by atoms with Gasteiger partial charge in [0.2, 0.25) is 10.0 Å². The van der Waals surface area contributed by atoms with Gasteiger partial charge >= 0.3 is 0 Å². The van der Waals surface area contributed by atoms with Crippen LogP contribution >= 0.6 is 15.9 Å². The maximum absolute atomic E-state index is 12.4. The molecule has 3 nitrogen and oxygen atoms in total.